The van der Waals surface area contributed by atoms with E-state index in [2.05, 4.69) is 33.0 Å². The second kappa shape index (κ2) is 9.06. The Labute approximate surface area is 129 Å². The molecule has 0 heterocycles. The maximum absolute atomic E-state index is 11.9. The van der Waals surface area contributed by atoms with Crippen molar-refractivity contribution in [3.8, 4) is 0 Å². The van der Waals surface area contributed by atoms with E-state index < -0.39 is 5.97 Å². The third kappa shape index (κ3) is 11.3. The summed E-state index contributed by atoms with van der Waals surface area (Å²) >= 11 is 0. The van der Waals surface area contributed by atoms with E-state index in [0.717, 1.165) is 19.3 Å². The molecule has 0 aromatic heterocycles. The molecule has 0 bridgehead atoms. The zero-order valence-corrected chi connectivity index (χ0v) is 14.5. The van der Waals surface area contributed by atoms with Crippen molar-refractivity contribution in [1.29, 1.82) is 0 Å². The molecule has 4 nitrogen and oxygen atoms in total. The second-order valence-electron chi connectivity index (χ2n) is 7.71. The van der Waals surface area contributed by atoms with Gasteiger partial charge in [0.2, 0.25) is 5.91 Å². The molecule has 0 aromatic rings. The number of carbonyl (C=O) groups excluding carboxylic acids is 1. The van der Waals surface area contributed by atoms with Gasteiger partial charge >= 0.3 is 5.97 Å². The molecule has 0 radical (unpaired) electrons. The van der Waals surface area contributed by atoms with Crippen molar-refractivity contribution in [3.63, 3.8) is 0 Å². The third-order valence-corrected chi connectivity index (χ3v) is 3.60. The molecule has 0 spiro atoms. The number of nitrogens with one attached hydrogen (secondary N) is 1. The molecule has 2 N–H and O–H groups in total. The fraction of sp³-hybridized carbons (Fsp3) is 0.882. The van der Waals surface area contributed by atoms with Crippen LogP contribution in [0.15, 0.2) is 0 Å². The van der Waals surface area contributed by atoms with E-state index >= 15 is 0 Å². The van der Waals surface area contributed by atoms with E-state index in [4.69, 9.17) is 5.11 Å². The minimum absolute atomic E-state index is 0.102. The maximum atomic E-state index is 11.9. The van der Waals surface area contributed by atoms with Gasteiger partial charge < -0.3 is 10.4 Å². The number of carbonyl (C=O) groups is 2. The quantitative estimate of drug-likeness (QED) is 0.679. The van der Waals surface area contributed by atoms with Crippen LogP contribution >= 0.6 is 0 Å². The Morgan fingerprint density at radius 3 is 2.14 bits per heavy atom. The van der Waals surface area contributed by atoms with Crippen molar-refractivity contribution in [3.05, 3.63) is 0 Å². The Morgan fingerprint density at radius 1 is 1.10 bits per heavy atom. The van der Waals surface area contributed by atoms with Gasteiger partial charge in [0.1, 0.15) is 0 Å². The van der Waals surface area contributed by atoms with E-state index in [9.17, 15) is 9.59 Å². The monoisotopic (exact) mass is 299 g/mol. The molecule has 0 aromatic carbocycles. The molecule has 3 atom stereocenters. The van der Waals surface area contributed by atoms with Crippen molar-refractivity contribution in [1.82, 2.24) is 5.32 Å². The highest BCUT2D eigenvalue weighted by Gasteiger charge is 2.18. The summed E-state index contributed by atoms with van der Waals surface area (Å²) in [5, 5.41) is 11.8. The summed E-state index contributed by atoms with van der Waals surface area (Å²) in [5.41, 5.74) is 0.248. The number of aliphatic carboxylic acids is 1. The van der Waals surface area contributed by atoms with Crippen molar-refractivity contribution in [2.45, 2.75) is 79.7 Å². The van der Waals surface area contributed by atoms with Crippen LogP contribution in [0.2, 0.25) is 0 Å². The summed E-state index contributed by atoms with van der Waals surface area (Å²) in [5.74, 6) is -0.572. The highest BCUT2D eigenvalue weighted by Crippen LogP contribution is 2.25. The average molecular weight is 299 g/mol. The number of carboxylic acids is 1. The van der Waals surface area contributed by atoms with Gasteiger partial charge in [0, 0.05) is 12.5 Å². The minimum Gasteiger partial charge on any atom is -0.481 e. The van der Waals surface area contributed by atoms with E-state index in [0.29, 0.717) is 18.8 Å². The van der Waals surface area contributed by atoms with Gasteiger partial charge in [-0.2, -0.15) is 0 Å². The zero-order chi connectivity index (χ0) is 16.6. The lowest BCUT2D eigenvalue weighted by molar-refractivity contribution is -0.141. The van der Waals surface area contributed by atoms with Crippen LogP contribution in [0.4, 0.5) is 0 Å². The summed E-state index contributed by atoms with van der Waals surface area (Å²) in [6.45, 7) is 12.4. The molecule has 124 valence electrons. The van der Waals surface area contributed by atoms with Gasteiger partial charge in [0.05, 0.1) is 5.92 Å². The van der Waals surface area contributed by atoms with Gasteiger partial charge in [-0.25, -0.2) is 0 Å². The Hall–Kier alpha value is -1.06. The van der Waals surface area contributed by atoms with Gasteiger partial charge in [-0.05, 0) is 37.5 Å². The fourth-order valence-corrected chi connectivity index (χ4v) is 2.69. The first-order valence-electron chi connectivity index (χ1n) is 8.03. The molecule has 3 unspecified atom stereocenters. The first-order valence-corrected chi connectivity index (χ1v) is 8.03. The SMILES string of the molecule is CC(CC(=O)NC(C)CCCC(C)C(=O)O)CC(C)(C)C. The Balaban J connectivity index is 3.91. The van der Waals surface area contributed by atoms with Crippen LogP contribution in [0, 0.1) is 17.3 Å². The van der Waals surface area contributed by atoms with Crippen LogP contribution in [0.1, 0.15) is 73.6 Å². The largest absolute Gasteiger partial charge is 0.481 e. The van der Waals surface area contributed by atoms with Crippen LogP contribution in [0.3, 0.4) is 0 Å². The van der Waals surface area contributed by atoms with Gasteiger partial charge in [0.15, 0.2) is 0 Å². The molecule has 0 aliphatic heterocycles. The van der Waals surface area contributed by atoms with E-state index in [1.54, 1.807) is 6.92 Å². The summed E-state index contributed by atoms with van der Waals surface area (Å²) in [6, 6.07) is 0.111. The van der Waals surface area contributed by atoms with Crippen LogP contribution in [-0.2, 0) is 9.59 Å². The summed E-state index contributed by atoms with van der Waals surface area (Å²) in [6.07, 6.45) is 3.91. The van der Waals surface area contributed by atoms with Crippen molar-refractivity contribution in [2.24, 2.45) is 17.3 Å². The third-order valence-electron chi connectivity index (χ3n) is 3.60. The van der Waals surface area contributed by atoms with Crippen LogP contribution in [-0.4, -0.2) is 23.0 Å². The average Bonchev–Trinajstić information content (AvgIpc) is 2.24. The standard InChI is InChI=1S/C17H33NO3/c1-12(11-17(4,5)6)10-15(19)18-14(3)9-7-8-13(2)16(20)21/h12-14H,7-11H2,1-6H3,(H,18,19)(H,20,21). The number of rotatable bonds is 9. The van der Waals surface area contributed by atoms with Gasteiger partial charge in [0.25, 0.3) is 0 Å². The van der Waals surface area contributed by atoms with E-state index in [-0.39, 0.29) is 23.3 Å². The zero-order valence-electron chi connectivity index (χ0n) is 14.5. The normalized spacial score (nSPS) is 16.1. The topological polar surface area (TPSA) is 66.4 Å². The highest BCUT2D eigenvalue weighted by molar-refractivity contribution is 5.76. The van der Waals surface area contributed by atoms with Crippen LogP contribution in [0.25, 0.3) is 0 Å². The van der Waals surface area contributed by atoms with Gasteiger partial charge in [-0.1, -0.05) is 41.0 Å². The van der Waals surface area contributed by atoms with Gasteiger partial charge in [-0.3, -0.25) is 9.59 Å². The Kier molecular flexibility index (Phi) is 8.60. The Morgan fingerprint density at radius 2 is 1.67 bits per heavy atom. The van der Waals surface area contributed by atoms with Gasteiger partial charge in [-0.15, -0.1) is 0 Å². The molecular weight excluding hydrogens is 266 g/mol. The smallest absolute Gasteiger partial charge is 0.306 e. The summed E-state index contributed by atoms with van der Waals surface area (Å²) in [7, 11) is 0. The Bertz CT molecular complexity index is 333. The molecule has 1 amide bonds. The fourth-order valence-electron chi connectivity index (χ4n) is 2.69. The summed E-state index contributed by atoms with van der Waals surface area (Å²) < 4.78 is 0. The molecule has 0 saturated heterocycles. The van der Waals surface area contributed by atoms with Crippen molar-refractivity contribution < 1.29 is 14.7 Å². The molecule has 0 fully saturated rings. The van der Waals surface area contributed by atoms with Crippen molar-refractivity contribution in [2.75, 3.05) is 0 Å². The lowest BCUT2D eigenvalue weighted by Crippen LogP contribution is -2.33. The highest BCUT2D eigenvalue weighted by atomic mass is 16.4. The van der Waals surface area contributed by atoms with E-state index in [1.807, 2.05) is 6.92 Å². The summed E-state index contributed by atoms with van der Waals surface area (Å²) in [4.78, 5) is 22.7. The molecule has 4 heteroatoms. The van der Waals surface area contributed by atoms with Crippen LogP contribution < -0.4 is 5.32 Å². The lowest BCUT2D eigenvalue weighted by atomic mass is 9.84. The molecule has 0 aliphatic carbocycles. The second-order valence-corrected chi connectivity index (χ2v) is 7.71. The molecule has 0 aliphatic rings. The predicted octanol–water partition coefficient (Wildman–Crippen LogP) is 3.84. The number of amides is 1. The number of hydrogen-bond donors (Lipinski definition) is 2. The first kappa shape index (κ1) is 19.9. The molecule has 21 heavy (non-hydrogen) atoms. The van der Waals surface area contributed by atoms with Crippen LogP contribution in [0.5, 0.6) is 0 Å². The molecular formula is C17H33NO3. The molecule has 0 rings (SSSR count). The molecule has 0 saturated carbocycles. The minimum atomic E-state index is -0.748. The number of carboxylic acid groups (broad SMARTS) is 1. The lowest BCUT2D eigenvalue weighted by Gasteiger charge is -2.23. The maximum Gasteiger partial charge on any atom is 0.306 e. The predicted molar refractivity (Wildman–Crippen MR) is 86.1 cm³/mol. The number of hydrogen-bond acceptors (Lipinski definition) is 2. The van der Waals surface area contributed by atoms with Crippen molar-refractivity contribution >= 4 is 11.9 Å². The van der Waals surface area contributed by atoms with E-state index in [1.165, 1.54) is 0 Å². The first-order chi connectivity index (χ1) is 9.51.